The Bertz CT molecular complexity index is 398. The molecular weight excluding hydrogens is 218 g/mol. The molecule has 1 aliphatic rings. The van der Waals surface area contributed by atoms with Crippen LogP contribution in [-0.2, 0) is 9.57 Å². The molecule has 2 heterocycles. The van der Waals surface area contributed by atoms with Crippen molar-refractivity contribution in [3.8, 4) is 0 Å². The molecule has 1 unspecified atom stereocenters. The van der Waals surface area contributed by atoms with Crippen LogP contribution in [0.1, 0.15) is 26.3 Å². The summed E-state index contributed by atoms with van der Waals surface area (Å²) < 4.78 is 5.72. The van der Waals surface area contributed by atoms with Gasteiger partial charge in [0.1, 0.15) is 0 Å². The fraction of sp³-hybridized carbons (Fsp3) is 0.500. The summed E-state index contributed by atoms with van der Waals surface area (Å²) in [5.41, 5.74) is 0.777. The van der Waals surface area contributed by atoms with Crippen molar-refractivity contribution in [3.63, 3.8) is 0 Å². The Morgan fingerprint density at radius 1 is 1.41 bits per heavy atom. The van der Waals surface area contributed by atoms with Crippen LogP contribution in [0.25, 0.3) is 0 Å². The number of hydrogen-bond donors (Lipinski definition) is 1. The first-order chi connectivity index (χ1) is 8.04. The molecule has 0 fully saturated rings. The third-order valence-corrected chi connectivity index (χ3v) is 2.13. The molecule has 1 aromatic heterocycles. The minimum absolute atomic E-state index is 0.0363. The van der Waals surface area contributed by atoms with Gasteiger partial charge in [0.15, 0.2) is 12.8 Å². The SMILES string of the molecule is CC(C)(C)NC1CON=C(c2cccnc2)O1. The molecule has 0 bridgehead atoms. The summed E-state index contributed by atoms with van der Waals surface area (Å²) in [6.45, 7) is 6.63. The lowest BCUT2D eigenvalue weighted by atomic mass is 10.1. The van der Waals surface area contributed by atoms with Gasteiger partial charge in [-0.05, 0) is 38.1 Å². The van der Waals surface area contributed by atoms with E-state index >= 15 is 0 Å². The van der Waals surface area contributed by atoms with Crippen LogP contribution < -0.4 is 5.32 Å². The van der Waals surface area contributed by atoms with Crippen LogP contribution in [-0.4, -0.2) is 29.3 Å². The van der Waals surface area contributed by atoms with Gasteiger partial charge in [-0.25, -0.2) is 0 Å². The predicted molar refractivity (Wildman–Crippen MR) is 64.5 cm³/mol. The van der Waals surface area contributed by atoms with Crippen LogP contribution in [0, 0.1) is 0 Å². The summed E-state index contributed by atoms with van der Waals surface area (Å²) in [6, 6.07) is 3.72. The Labute approximate surface area is 101 Å². The second kappa shape index (κ2) is 4.71. The molecule has 1 atom stereocenters. The number of rotatable bonds is 2. The highest BCUT2D eigenvalue weighted by Crippen LogP contribution is 2.11. The molecule has 0 saturated carbocycles. The van der Waals surface area contributed by atoms with Crippen LogP contribution in [0.15, 0.2) is 29.7 Å². The molecule has 0 amide bonds. The Hall–Kier alpha value is -1.62. The van der Waals surface area contributed by atoms with Crippen molar-refractivity contribution < 1.29 is 9.57 Å². The highest BCUT2D eigenvalue weighted by Gasteiger charge is 2.24. The van der Waals surface area contributed by atoms with Gasteiger partial charge in [0.25, 0.3) is 5.90 Å². The van der Waals surface area contributed by atoms with Crippen molar-refractivity contribution in [2.45, 2.75) is 32.5 Å². The molecule has 1 N–H and O–H groups in total. The van der Waals surface area contributed by atoms with E-state index < -0.39 is 0 Å². The molecule has 2 rings (SSSR count). The minimum Gasteiger partial charge on any atom is -0.452 e. The van der Waals surface area contributed by atoms with Gasteiger partial charge in [0, 0.05) is 17.9 Å². The molecule has 1 aliphatic heterocycles. The van der Waals surface area contributed by atoms with E-state index in [1.807, 2.05) is 12.1 Å². The van der Waals surface area contributed by atoms with Crippen molar-refractivity contribution in [2.75, 3.05) is 6.61 Å². The van der Waals surface area contributed by atoms with Gasteiger partial charge in [0.2, 0.25) is 0 Å². The van der Waals surface area contributed by atoms with Crippen LogP contribution in [0.4, 0.5) is 0 Å². The standard InChI is InChI=1S/C12H17N3O2/c1-12(2,3)14-10-8-16-15-11(17-10)9-5-4-6-13-7-9/h4-7,10,14H,8H2,1-3H3. The maximum absolute atomic E-state index is 5.72. The zero-order valence-electron chi connectivity index (χ0n) is 10.3. The summed E-state index contributed by atoms with van der Waals surface area (Å²) >= 11 is 0. The van der Waals surface area contributed by atoms with E-state index in [0.717, 1.165) is 5.56 Å². The number of aromatic nitrogens is 1. The summed E-state index contributed by atoms with van der Waals surface area (Å²) in [4.78, 5) is 9.19. The van der Waals surface area contributed by atoms with Crippen LogP contribution in [0.5, 0.6) is 0 Å². The molecule has 0 spiro atoms. The first-order valence-electron chi connectivity index (χ1n) is 5.59. The molecule has 0 aromatic carbocycles. The van der Waals surface area contributed by atoms with Gasteiger partial charge in [0.05, 0.1) is 5.56 Å². The van der Waals surface area contributed by atoms with Crippen molar-refractivity contribution in [2.24, 2.45) is 5.16 Å². The monoisotopic (exact) mass is 235 g/mol. The van der Waals surface area contributed by atoms with Gasteiger partial charge in [-0.15, -0.1) is 0 Å². The van der Waals surface area contributed by atoms with E-state index in [9.17, 15) is 0 Å². The Balaban J connectivity index is 2.05. The number of nitrogens with one attached hydrogen (secondary N) is 1. The van der Waals surface area contributed by atoms with E-state index in [-0.39, 0.29) is 11.8 Å². The number of oxime groups is 1. The number of nitrogens with zero attached hydrogens (tertiary/aromatic N) is 2. The smallest absolute Gasteiger partial charge is 0.260 e. The summed E-state index contributed by atoms with van der Waals surface area (Å²) in [7, 11) is 0. The number of ether oxygens (including phenoxy) is 1. The lowest BCUT2D eigenvalue weighted by Gasteiger charge is -2.30. The first-order valence-corrected chi connectivity index (χ1v) is 5.59. The molecule has 0 aliphatic carbocycles. The third-order valence-electron chi connectivity index (χ3n) is 2.13. The predicted octanol–water partition coefficient (Wildman–Crippen LogP) is 1.50. The van der Waals surface area contributed by atoms with Crippen molar-refractivity contribution in [3.05, 3.63) is 30.1 Å². The molecule has 0 saturated heterocycles. The van der Waals surface area contributed by atoms with Crippen molar-refractivity contribution >= 4 is 5.90 Å². The molecular formula is C12H17N3O2. The van der Waals surface area contributed by atoms with E-state index in [1.54, 1.807) is 12.4 Å². The third kappa shape index (κ3) is 3.42. The van der Waals surface area contributed by atoms with Crippen molar-refractivity contribution in [1.82, 2.24) is 10.3 Å². The van der Waals surface area contributed by atoms with E-state index in [4.69, 9.17) is 9.57 Å². The summed E-state index contributed by atoms with van der Waals surface area (Å²) in [5.74, 6) is 0.464. The second-order valence-corrected chi connectivity index (χ2v) is 4.93. The Morgan fingerprint density at radius 2 is 2.24 bits per heavy atom. The Kier molecular flexibility index (Phi) is 3.28. The first kappa shape index (κ1) is 11.9. The highest BCUT2D eigenvalue weighted by atomic mass is 16.7. The average Bonchev–Trinajstić information content (AvgIpc) is 2.28. The second-order valence-electron chi connectivity index (χ2n) is 4.93. The summed E-state index contributed by atoms with van der Waals surface area (Å²) in [5, 5.41) is 7.20. The van der Waals surface area contributed by atoms with E-state index in [1.165, 1.54) is 0 Å². The molecule has 92 valence electrons. The average molecular weight is 235 g/mol. The summed E-state index contributed by atoms with van der Waals surface area (Å²) in [6.07, 6.45) is 3.21. The maximum Gasteiger partial charge on any atom is 0.260 e. The molecule has 0 radical (unpaired) electrons. The zero-order chi connectivity index (χ0) is 12.3. The normalized spacial score (nSPS) is 20.2. The van der Waals surface area contributed by atoms with Crippen molar-refractivity contribution in [1.29, 1.82) is 0 Å². The zero-order valence-corrected chi connectivity index (χ0v) is 10.3. The van der Waals surface area contributed by atoms with E-state index in [0.29, 0.717) is 12.5 Å². The molecule has 17 heavy (non-hydrogen) atoms. The minimum atomic E-state index is -0.192. The highest BCUT2D eigenvalue weighted by molar-refractivity contribution is 5.93. The quantitative estimate of drug-likeness (QED) is 0.844. The van der Waals surface area contributed by atoms with Crippen LogP contribution in [0.2, 0.25) is 0 Å². The molecule has 5 nitrogen and oxygen atoms in total. The lowest BCUT2D eigenvalue weighted by Crippen LogP contribution is -2.49. The molecule has 5 heteroatoms. The largest absolute Gasteiger partial charge is 0.452 e. The number of pyridine rings is 1. The fourth-order valence-corrected chi connectivity index (χ4v) is 1.52. The van der Waals surface area contributed by atoms with E-state index in [2.05, 4.69) is 36.2 Å². The van der Waals surface area contributed by atoms with Crippen LogP contribution >= 0.6 is 0 Å². The Morgan fingerprint density at radius 3 is 2.88 bits per heavy atom. The van der Waals surface area contributed by atoms with Gasteiger partial charge >= 0.3 is 0 Å². The topological polar surface area (TPSA) is 55.7 Å². The van der Waals surface area contributed by atoms with Gasteiger partial charge in [-0.2, -0.15) is 0 Å². The van der Waals surface area contributed by atoms with Crippen LogP contribution in [0.3, 0.4) is 0 Å². The molecule has 1 aromatic rings. The maximum atomic E-state index is 5.72. The van der Waals surface area contributed by atoms with Gasteiger partial charge in [-0.3, -0.25) is 10.3 Å². The fourth-order valence-electron chi connectivity index (χ4n) is 1.52. The van der Waals surface area contributed by atoms with Gasteiger partial charge < -0.3 is 9.57 Å². The number of hydrogen-bond acceptors (Lipinski definition) is 5. The van der Waals surface area contributed by atoms with Gasteiger partial charge in [-0.1, -0.05) is 0 Å². The lowest BCUT2D eigenvalue weighted by molar-refractivity contribution is -0.0170.